The molecule has 0 aromatic heterocycles. The third-order valence-electron chi connectivity index (χ3n) is 5.70. The van der Waals surface area contributed by atoms with Crippen molar-refractivity contribution in [3.8, 4) is 0 Å². The fraction of sp³-hybridized carbons (Fsp3) is 0.941. The van der Waals surface area contributed by atoms with E-state index in [0.29, 0.717) is 11.9 Å². The van der Waals surface area contributed by atoms with Crippen molar-refractivity contribution in [2.45, 2.75) is 52.5 Å². The Morgan fingerprint density at radius 1 is 1.38 bits per heavy atom. The summed E-state index contributed by atoms with van der Waals surface area (Å²) < 4.78 is 0. The molecule has 2 fully saturated rings. The lowest BCUT2D eigenvalue weighted by atomic mass is 9.82. The Hall–Kier alpha value is -0.610. The van der Waals surface area contributed by atoms with Crippen molar-refractivity contribution in [2.24, 2.45) is 11.3 Å². The number of likely N-dealkylation sites (tertiary alicyclic amines) is 1. The van der Waals surface area contributed by atoms with Crippen molar-refractivity contribution >= 4 is 5.91 Å². The molecule has 0 aliphatic carbocycles. The van der Waals surface area contributed by atoms with Crippen LogP contribution < -0.4 is 5.32 Å². The van der Waals surface area contributed by atoms with Gasteiger partial charge in [-0.25, -0.2) is 0 Å². The Bertz CT molecular complexity index is 342. The fourth-order valence-electron chi connectivity index (χ4n) is 3.65. The molecular formula is C17H33N3O. The number of nitrogens with zero attached hydrogens (tertiary/aromatic N) is 2. The summed E-state index contributed by atoms with van der Waals surface area (Å²) in [5, 5.41) is 3.38. The van der Waals surface area contributed by atoms with Crippen LogP contribution in [0.4, 0.5) is 0 Å². The maximum absolute atomic E-state index is 12.9. The summed E-state index contributed by atoms with van der Waals surface area (Å²) in [7, 11) is 2.21. The SMILES string of the molecule is CCC1(C(=O)N2CCC(CN(C)C(C)C)CC2)CCNC1. The van der Waals surface area contributed by atoms with E-state index in [1.807, 2.05) is 0 Å². The van der Waals surface area contributed by atoms with Crippen molar-refractivity contribution in [3.63, 3.8) is 0 Å². The number of carbonyl (C=O) groups excluding carboxylic acids is 1. The predicted octanol–water partition coefficient (Wildman–Crippen LogP) is 1.95. The van der Waals surface area contributed by atoms with Gasteiger partial charge in [0.2, 0.25) is 5.91 Å². The predicted molar refractivity (Wildman–Crippen MR) is 87.3 cm³/mol. The number of carbonyl (C=O) groups is 1. The van der Waals surface area contributed by atoms with Crippen LogP contribution in [0.15, 0.2) is 0 Å². The van der Waals surface area contributed by atoms with Crippen LogP contribution in [-0.2, 0) is 4.79 Å². The number of piperidine rings is 1. The first kappa shape index (κ1) is 16.8. The molecule has 0 saturated carbocycles. The first-order valence-corrected chi connectivity index (χ1v) is 8.69. The number of nitrogens with one attached hydrogen (secondary N) is 1. The van der Waals surface area contributed by atoms with Gasteiger partial charge in [0.25, 0.3) is 0 Å². The topological polar surface area (TPSA) is 35.6 Å². The zero-order chi connectivity index (χ0) is 15.5. The lowest BCUT2D eigenvalue weighted by Crippen LogP contribution is -2.49. The van der Waals surface area contributed by atoms with Gasteiger partial charge in [-0.15, -0.1) is 0 Å². The molecule has 1 atom stereocenters. The smallest absolute Gasteiger partial charge is 0.230 e. The summed E-state index contributed by atoms with van der Waals surface area (Å²) in [5.41, 5.74) is -0.110. The molecular weight excluding hydrogens is 262 g/mol. The van der Waals surface area contributed by atoms with Crippen molar-refractivity contribution in [3.05, 3.63) is 0 Å². The largest absolute Gasteiger partial charge is 0.342 e. The highest BCUT2D eigenvalue weighted by Gasteiger charge is 2.42. The van der Waals surface area contributed by atoms with Crippen LogP contribution in [0.25, 0.3) is 0 Å². The Kier molecular flexibility index (Phi) is 5.67. The van der Waals surface area contributed by atoms with Gasteiger partial charge in [0.1, 0.15) is 0 Å². The molecule has 0 bridgehead atoms. The first-order chi connectivity index (χ1) is 9.98. The molecule has 1 amide bonds. The van der Waals surface area contributed by atoms with E-state index in [-0.39, 0.29) is 5.41 Å². The van der Waals surface area contributed by atoms with Crippen LogP contribution in [0.3, 0.4) is 0 Å². The third-order valence-corrected chi connectivity index (χ3v) is 5.70. The molecule has 0 radical (unpaired) electrons. The van der Waals surface area contributed by atoms with Gasteiger partial charge in [-0.1, -0.05) is 6.92 Å². The molecule has 1 unspecified atom stereocenters. The highest BCUT2D eigenvalue weighted by Crippen LogP contribution is 2.33. The van der Waals surface area contributed by atoms with Gasteiger partial charge in [0.05, 0.1) is 5.41 Å². The minimum absolute atomic E-state index is 0.110. The van der Waals surface area contributed by atoms with E-state index < -0.39 is 0 Å². The second-order valence-corrected chi connectivity index (χ2v) is 7.33. The van der Waals surface area contributed by atoms with Crippen LogP contribution in [0, 0.1) is 11.3 Å². The summed E-state index contributed by atoms with van der Waals surface area (Å²) in [4.78, 5) is 17.4. The number of amides is 1. The fourth-order valence-corrected chi connectivity index (χ4v) is 3.65. The maximum atomic E-state index is 12.9. The molecule has 2 heterocycles. The highest BCUT2D eigenvalue weighted by atomic mass is 16.2. The summed E-state index contributed by atoms with van der Waals surface area (Å²) in [6, 6.07) is 0.609. The van der Waals surface area contributed by atoms with Crippen LogP contribution in [0.5, 0.6) is 0 Å². The minimum atomic E-state index is -0.110. The van der Waals surface area contributed by atoms with E-state index >= 15 is 0 Å². The average Bonchev–Trinajstić information content (AvgIpc) is 2.97. The maximum Gasteiger partial charge on any atom is 0.230 e. The van der Waals surface area contributed by atoms with Crippen LogP contribution in [0.2, 0.25) is 0 Å². The van der Waals surface area contributed by atoms with Gasteiger partial charge in [0.15, 0.2) is 0 Å². The summed E-state index contributed by atoms with van der Waals surface area (Å²) in [5.74, 6) is 1.16. The molecule has 21 heavy (non-hydrogen) atoms. The zero-order valence-electron chi connectivity index (χ0n) is 14.3. The van der Waals surface area contributed by atoms with Crippen molar-refractivity contribution < 1.29 is 4.79 Å². The Labute approximate surface area is 130 Å². The second kappa shape index (κ2) is 7.10. The molecule has 1 N–H and O–H groups in total. The van der Waals surface area contributed by atoms with Crippen LogP contribution in [-0.4, -0.2) is 61.5 Å². The van der Waals surface area contributed by atoms with Gasteiger partial charge in [0, 0.05) is 32.2 Å². The van der Waals surface area contributed by atoms with Gasteiger partial charge in [-0.05, 0) is 59.0 Å². The molecule has 2 aliphatic rings. The minimum Gasteiger partial charge on any atom is -0.342 e. The van der Waals surface area contributed by atoms with Gasteiger partial charge < -0.3 is 15.1 Å². The first-order valence-electron chi connectivity index (χ1n) is 8.69. The third kappa shape index (κ3) is 3.78. The lowest BCUT2D eigenvalue weighted by molar-refractivity contribution is -0.143. The normalized spacial score (nSPS) is 27.8. The quantitative estimate of drug-likeness (QED) is 0.842. The van der Waals surface area contributed by atoms with E-state index in [9.17, 15) is 4.79 Å². The molecule has 0 aromatic rings. The monoisotopic (exact) mass is 295 g/mol. The summed E-state index contributed by atoms with van der Waals surface area (Å²) >= 11 is 0. The van der Waals surface area contributed by atoms with Gasteiger partial charge >= 0.3 is 0 Å². The number of rotatable bonds is 5. The standard InChI is InChI=1S/C17H33N3O/c1-5-17(8-9-18-13-17)16(21)20-10-6-15(7-11-20)12-19(4)14(2)3/h14-15,18H,5-13H2,1-4H3. The Balaban J connectivity index is 1.84. The molecule has 2 rings (SSSR count). The lowest BCUT2D eigenvalue weighted by Gasteiger charge is -2.39. The molecule has 4 heteroatoms. The summed E-state index contributed by atoms with van der Waals surface area (Å²) in [6.45, 7) is 11.6. The average molecular weight is 295 g/mol. The van der Waals surface area contributed by atoms with Crippen LogP contribution >= 0.6 is 0 Å². The van der Waals surface area contributed by atoms with E-state index in [1.165, 1.54) is 6.54 Å². The Morgan fingerprint density at radius 2 is 2.05 bits per heavy atom. The van der Waals surface area contributed by atoms with Crippen molar-refractivity contribution in [1.29, 1.82) is 0 Å². The molecule has 0 spiro atoms. The molecule has 2 saturated heterocycles. The number of hydrogen-bond acceptors (Lipinski definition) is 3. The second-order valence-electron chi connectivity index (χ2n) is 7.33. The number of hydrogen-bond donors (Lipinski definition) is 1. The van der Waals surface area contributed by atoms with E-state index in [4.69, 9.17) is 0 Å². The molecule has 0 aromatic carbocycles. The van der Waals surface area contributed by atoms with Gasteiger partial charge in [-0.2, -0.15) is 0 Å². The van der Waals surface area contributed by atoms with Crippen molar-refractivity contribution in [2.75, 3.05) is 39.8 Å². The van der Waals surface area contributed by atoms with Crippen molar-refractivity contribution in [1.82, 2.24) is 15.1 Å². The zero-order valence-corrected chi connectivity index (χ0v) is 14.3. The van der Waals surface area contributed by atoms with E-state index in [1.54, 1.807) is 0 Å². The molecule has 4 nitrogen and oxygen atoms in total. The Morgan fingerprint density at radius 3 is 2.52 bits per heavy atom. The van der Waals surface area contributed by atoms with E-state index in [0.717, 1.165) is 57.8 Å². The summed E-state index contributed by atoms with van der Waals surface area (Å²) in [6.07, 6.45) is 4.30. The highest BCUT2D eigenvalue weighted by molar-refractivity contribution is 5.83. The van der Waals surface area contributed by atoms with Crippen LogP contribution in [0.1, 0.15) is 46.5 Å². The van der Waals surface area contributed by atoms with E-state index in [2.05, 4.69) is 42.9 Å². The molecule has 2 aliphatic heterocycles. The molecule has 122 valence electrons. The van der Waals surface area contributed by atoms with Gasteiger partial charge in [-0.3, -0.25) is 4.79 Å².